The van der Waals surface area contributed by atoms with Crippen LogP contribution in [0.25, 0.3) is 0 Å². The number of nitrogens with zero attached hydrogens (tertiary/aromatic N) is 1. The summed E-state index contributed by atoms with van der Waals surface area (Å²) in [4.78, 5) is 51.7. The molecule has 0 amide bonds. The van der Waals surface area contributed by atoms with Crippen LogP contribution < -0.4 is 24.7 Å². The minimum absolute atomic E-state index is 0.0961. The SMILES string of the molecule is CSCCCCCC(=O)OCCOc1ccc(C(C)(C)c2ccc(OCCOC(=O)CCN(CCCCCO)CCC(=O)OCCOc3ccc(C(C)(C)c4ccc(OCCOC(=O)CCCCCSSCCN)cc4)cc3)cc2)cc1. The van der Waals surface area contributed by atoms with Crippen molar-refractivity contribution in [1.82, 2.24) is 4.90 Å². The number of aliphatic hydroxyl groups excluding tert-OH is 1. The Labute approximate surface area is 500 Å². The van der Waals surface area contributed by atoms with Gasteiger partial charge in [0.1, 0.15) is 75.9 Å². The highest BCUT2D eigenvalue weighted by Crippen LogP contribution is 2.35. The Hall–Kier alpha value is -5.11. The predicted octanol–water partition coefficient (Wildman–Crippen LogP) is 11.8. The van der Waals surface area contributed by atoms with E-state index in [4.69, 9.17) is 43.6 Å². The lowest BCUT2D eigenvalue weighted by Crippen LogP contribution is -2.31. The van der Waals surface area contributed by atoms with Crippen molar-refractivity contribution in [3.63, 3.8) is 0 Å². The number of esters is 4. The van der Waals surface area contributed by atoms with Crippen LogP contribution in [0.4, 0.5) is 0 Å². The van der Waals surface area contributed by atoms with Crippen molar-refractivity contribution >= 4 is 57.2 Å². The maximum Gasteiger partial charge on any atom is 0.307 e. The average molecular weight is 1190 g/mol. The van der Waals surface area contributed by atoms with Gasteiger partial charge >= 0.3 is 23.9 Å². The Morgan fingerprint density at radius 2 is 0.744 bits per heavy atom. The van der Waals surface area contributed by atoms with E-state index in [2.05, 4.69) is 38.9 Å². The molecule has 0 saturated carbocycles. The van der Waals surface area contributed by atoms with Gasteiger partial charge in [-0.25, -0.2) is 0 Å². The molecule has 4 aromatic carbocycles. The van der Waals surface area contributed by atoms with Crippen LogP contribution in [0.15, 0.2) is 97.1 Å². The van der Waals surface area contributed by atoms with E-state index >= 15 is 0 Å². The largest absolute Gasteiger partial charge is 0.490 e. The Kier molecular flexibility index (Phi) is 34.7. The van der Waals surface area contributed by atoms with Crippen LogP contribution in [-0.4, -0.2) is 143 Å². The highest BCUT2D eigenvalue weighted by Gasteiger charge is 2.25. The lowest BCUT2D eigenvalue weighted by atomic mass is 9.78. The third-order valence-corrected chi connectivity index (χ3v) is 17.0. The summed E-state index contributed by atoms with van der Waals surface area (Å²) in [6.45, 7) is 12.5. The standard InChI is InChI=1S/C64H92N2O13S3/c1-63(2,51-17-25-55(26-18-51)72-40-44-76-59(68)15-9-6-13-48-80-5)53-21-29-57(30-22-53)74-42-46-78-61(70)33-37-66(36-11-8-12-39-67)38-34-62(71)79-47-43-75-58-31-23-54(24-32-58)64(3,4)52-19-27-56(28-20-52)73-41-45-77-60(69)16-10-7-14-49-81-82-50-35-65/h17-32,67H,6-16,33-50,65H2,1-5H3. The molecule has 0 atom stereocenters. The average Bonchev–Trinajstić information content (AvgIpc) is 3.53. The van der Waals surface area contributed by atoms with Crippen molar-refractivity contribution < 1.29 is 62.2 Å². The molecule has 0 unspecified atom stereocenters. The number of benzene rings is 4. The van der Waals surface area contributed by atoms with Gasteiger partial charge in [0.25, 0.3) is 0 Å². The second-order valence-electron chi connectivity index (χ2n) is 20.8. The molecule has 15 nitrogen and oxygen atoms in total. The van der Waals surface area contributed by atoms with Crippen LogP contribution in [0, 0.1) is 0 Å². The maximum atomic E-state index is 12.8. The topological polar surface area (TPSA) is 192 Å². The highest BCUT2D eigenvalue weighted by molar-refractivity contribution is 8.76. The van der Waals surface area contributed by atoms with E-state index in [1.54, 1.807) is 10.8 Å². The summed E-state index contributed by atoms with van der Waals surface area (Å²) in [6.07, 6.45) is 11.5. The van der Waals surface area contributed by atoms with Crippen molar-refractivity contribution in [2.75, 3.05) is 109 Å². The van der Waals surface area contributed by atoms with Gasteiger partial charge in [0.15, 0.2) is 0 Å². The molecule has 4 rings (SSSR count). The highest BCUT2D eigenvalue weighted by atomic mass is 33.1. The molecule has 0 bridgehead atoms. The zero-order chi connectivity index (χ0) is 59.1. The normalized spacial score (nSPS) is 11.5. The van der Waals surface area contributed by atoms with Gasteiger partial charge < -0.3 is 53.6 Å². The summed E-state index contributed by atoms with van der Waals surface area (Å²) in [5.41, 5.74) is 9.34. The third-order valence-electron chi connectivity index (χ3n) is 13.8. The van der Waals surface area contributed by atoms with Crippen LogP contribution in [0.5, 0.6) is 23.0 Å². The molecule has 0 heterocycles. The molecule has 4 aromatic rings. The Bertz CT molecular complexity index is 2370. The number of nitrogens with two attached hydrogens (primary N) is 1. The lowest BCUT2D eigenvalue weighted by molar-refractivity contribution is -0.146. The van der Waals surface area contributed by atoms with Gasteiger partial charge in [-0.05, 0) is 134 Å². The number of carbonyl (C=O) groups excluding carboxylic acids is 4. The van der Waals surface area contributed by atoms with Crippen molar-refractivity contribution in [1.29, 1.82) is 0 Å². The summed E-state index contributed by atoms with van der Waals surface area (Å²) in [6, 6.07) is 31.7. The number of ether oxygens (including phenoxy) is 8. The quantitative estimate of drug-likeness (QED) is 0.0184. The first-order chi connectivity index (χ1) is 39.7. The van der Waals surface area contributed by atoms with Crippen molar-refractivity contribution in [2.45, 2.75) is 122 Å². The fourth-order valence-corrected chi connectivity index (χ4v) is 11.2. The predicted molar refractivity (Wildman–Crippen MR) is 332 cm³/mol. The molecule has 0 saturated heterocycles. The molecule has 3 N–H and O–H groups in total. The van der Waals surface area contributed by atoms with Gasteiger partial charge in [0.2, 0.25) is 0 Å². The minimum atomic E-state index is -0.353. The van der Waals surface area contributed by atoms with E-state index in [1.165, 1.54) is 0 Å². The summed E-state index contributed by atoms with van der Waals surface area (Å²) in [5, 5.41) is 9.28. The van der Waals surface area contributed by atoms with Gasteiger partial charge in [-0.1, -0.05) is 111 Å². The third kappa shape index (κ3) is 28.4. The Morgan fingerprint density at radius 3 is 1.09 bits per heavy atom. The molecule has 18 heteroatoms. The van der Waals surface area contributed by atoms with E-state index < -0.39 is 0 Å². The molecule has 0 aliphatic carbocycles. The minimum Gasteiger partial charge on any atom is -0.490 e. The van der Waals surface area contributed by atoms with E-state index in [0.717, 1.165) is 90.9 Å². The molecule has 82 heavy (non-hydrogen) atoms. The number of unbranched alkanes of at least 4 members (excludes halogenated alkanes) is 6. The zero-order valence-corrected chi connectivity index (χ0v) is 51.8. The fraction of sp³-hybridized carbons (Fsp3) is 0.562. The van der Waals surface area contributed by atoms with Crippen molar-refractivity contribution in [2.24, 2.45) is 5.73 Å². The first-order valence-electron chi connectivity index (χ1n) is 29.1. The molecule has 454 valence electrons. The number of hydrogen-bond acceptors (Lipinski definition) is 18. The molecule has 0 radical (unpaired) electrons. The van der Waals surface area contributed by atoms with E-state index in [1.807, 2.05) is 120 Å². The first kappa shape index (κ1) is 69.4. The van der Waals surface area contributed by atoms with Gasteiger partial charge in [0.05, 0.1) is 12.8 Å². The Balaban J connectivity index is 1.08. The summed E-state index contributed by atoms with van der Waals surface area (Å²) < 4.78 is 45.2. The van der Waals surface area contributed by atoms with Crippen LogP contribution in [0.1, 0.15) is 133 Å². The molecule has 0 spiro atoms. The zero-order valence-electron chi connectivity index (χ0n) is 49.3. The number of carbonyl (C=O) groups is 4. The summed E-state index contributed by atoms with van der Waals surface area (Å²) in [5.74, 6) is 4.82. The molecule has 0 aromatic heterocycles. The number of hydrogen-bond donors (Lipinski definition) is 2. The number of rotatable bonds is 46. The van der Waals surface area contributed by atoms with Gasteiger partial charge in [0, 0.05) is 61.4 Å². The van der Waals surface area contributed by atoms with E-state index in [-0.39, 0.29) is 100 Å². The van der Waals surface area contributed by atoms with Crippen LogP contribution >= 0.6 is 33.3 Å². The van der Waals surface area contributed by atoms with E-state index in [9.17, 15) is 24.3 Å². The number of aliphatic hydroxyl groups is 1. The van der Waals surface area contributed by atoms with Crippen molar-refractivity contribution in [3.8, 4) is 23.0 Å². The maximum absolute atomic E-state index is 12.8. The Morgan fingerprint density at radius 1 is 0.415 bits per heavy atom. The molecule has 0 fully saturated rings. The monoisotopic (exact) mass is 1190 g/mol. The molecular weight excluding hydrogens is 1100 g/mol. The van der Waals surface area contributed by atoms with Crippen LogP contribution in [0.2, 0.25) is 0 Å². The van der Waals surface area contributed by atoms with Gasteiger partial charge in [-0.2, -0.15) is 11.8 Å². The first-order valence-corrected chi connectivity index (χ1v) is 33.0. The fourth-order valence-electron chi connectivity index (χ4n) is 8.68. The second kappa shape index (κ2) is 41.0. The van der Waals surface area contributed by atoms with E-state index in [0.29, 0.717) is 75.0 Å². The second-order valence-corrected chi connectivity index (χ2v) is 24.5. The lowest BCUT2D eigenvalue weighted by Gasteiger charge is -2.26. The molecule has 0 aliphatic heterocycles. The van der Waals surface area contributed by atoms with Gasteiger partial charge in [-0.15, -0.1) is 0 Å². The van der Waals surface area contributed by atoms with Gasteiger partial charge in [-0.3, -0.25) is 19.2 Å². The van der Waals surface area contributed by atoms with Crippen LogP contribution in [0.3, 0.4) is 0 Å². The molecule has 0 aliphatic rings. The number of thioether (sulfide) groups is 1. The summed E-state index contributed by atoms with van der Waals surface area (Å²) >= 11 is 1.82. The smallest absolute Gasteiger partial charge is 0.307 e. The van der Waals surface area contributed by atoms with Crippen molar-refractivity contribution in [3.05, 3.63) is 119 Å². The summed E-state index contributed by atoms with van der Waals surface area (Å²) in [7, 11) is 3.63. The van der Waals surface area contributed by atoms with Crippen LogP contribution in [-0.2, 0) is 49.0 Å². The molecular formula is C64H92N2O13S3.